The van der Waals surface area contributed by atoms with Crippen molar-refractivity contribution in [2.45, 2.75) is 24.6 Å². The lowest BCUT2D eigenvalue weighted by Crippen LogP contribution is -2.31. The summed E-state index contributed by atoms with van der Waals surface area (Å²) in [6.07, 6.45) is 0. The predicted molar refractivity (Wildman–Crippen MR) is 77.0 cm³/mol. The van der Waals surface area contributed by atoms with Crippen LogP contribution in [-0.4, -0.2) is 39.5 Å². The lowest BCUT2D eigenvalue weighted by atomic mass is 10.1. The lowest BCUT2D eigenvalue weighted by Gasteiger charge is -2.19. The standard InChI is InChI=1S/C13H19ClFNO3S/c1-4-19-6-5-16(3)20(17,18)13-8-11(9-14)7-12(15)10(13)2/h7-8H,4-6,9H2,1-3H3. The van der Waals surface area contributed by atoms with Gasteiger partial charge in [0.25, 0.3) is 0 Å². The van der Waals surface area contributed by atoms with E-state index in [1.54, 1.807) is 0 Å². The molecule has 4 nitrogen and oxygen atoms in total. The number of likely N-dealkylation sites (N-methyl/N-ethyl adjacent to an activating group) is 1. The molecule has 0 bridgehead atoms. The van der Waals surface area contributed by atoms with Crippen LogP contribution in [0, 0.1) is 12.7 Å². The molecule has 0 atom stereocenters. The zero-order valence-corrected chi connectivity index (χ0v) is 13.4. The maximum atomic E-state index is 13.8. The Labute approximate surface area is 124 Å². The van der Waals surface area contributed by atoms with Crippen molar-refractivity contribution < 1.29 is 17.5 Å². The highest BCUT2D eigenvalue weighted by Gasteiger charge is 2.24. The molecule has 1 aromatic carbocycles. The first-order valence-electron chi connectivity index (χ1n) is 6.23. The van der Waals surface area contributed by atoms with E-state index in [0.29, 0.717) is 18.8 Å². The third kappa shape index (κ3) is 3.91. The number of ether oxygens (including phenoxy) is 1. The summed E-state index contributed by atoms with van der Waals surface area (Å²) in [6.45, 7) is 4.29. The zero-order chi connectivity index (χ0) is 15.3. The van der Waals surface area contributed by atoms with Crippen LogP contribution in [0.5, 0.6) is 0 Å². The number of hydrogen-bond acceptors (Lipinski definition) is 3. The smallest absolute Gasteiger partial charge is 0.243 e. The molecule has 1 aromatic rings. The van der Waals surface area contributed by atoms with Crippen LogP contribution in [0.1, 0.15) is 18.1 Å². The third-order valence-electron chi connectivity index (χ3n) is 2.95. The highest BCUT2D eigenvalue weighted by molar-refractivity contribution is 7.89. The van der Waals surface area contributed by atoms with E-state index in [1.807, 2.05) is 6.92 Å². The molecule has 0 saturated carbocycles. The minimum absolute atomic E-state index is 0.0489. The van der Waals surface area contributed by atoms with Crippen molar-refractivity contribution in [1.82, 2.24) is 4.31 Å². The van der Waals surface area contributed by atoms with Gasteiger partial charge in [-0.15, -0.1) is 11.6 Å². The molecule has 0 unspecified atom stereocenters. The van der Waals surface area contributed by atoms with Crippen molar-refractivity contribution in [2.75, 3.05) is 26.8 Å². The van der Waals surface area contributed by atoms with E-state index in [4.69, 9.17) is 16.3 Å². The molecule has 0 saturated heterocycles. The zero-order valence-electron chi connectivity index (χ0n) is 11.8. The van der Waals surface area contributed by atoms with Gasteiger partial charge in [-0.25, -0.2) is 12.8 Å². The van der Waals surface area contributed by atoms with Crippen LogP contribution < -0.4 is 0 Å². The van der Waals surface area contributed by atoms with Gasteiger partial charge in [-0.05, 0) is 31.5 Å². The highest BCUT2D eigenvalue weighted by Crippen LogP contribution is 2.24. The Morgan fingerprint density at radius 3 is 2.60 bits per heavy atom. The number of rotatable bonds is 7. The van der Waals surface area contributed by atoms with E-state index in [1.165, 1.54) is 26.1 Å². The molecule has 114 valence electrons. The van der Waals surface area contributed by atoms with Crippen LogP contribution in [0.4, 0.5) is 4.39 Å². The minimum Gasteiger partial charge on any atom is -0.380 e. The van der Waals surface area contributed by atoms with E-state index in [-0.39, 0.29) is 22.9 Å². The number of hydrogen-bond donors (Lipinski definition) is 0. The van der Waals surface area contributed by atoms with Gasteiger partial charge in [0.2, 0.25) is 10.0 Å². The van der Waals surface area contributed by atoms with Gasteiger partial charge in [0, 0.05) is 31.6 Å². The number of benzene rings is 1. The first-order valence-corrected chi connectivity index (χ1v) is 8.21. The van der Waals surface area contributed by atoms with Crippen molar-refractivity contribution in [3.05, 3.63) is 29.1 Å². The van der Waals surface area contributed by atoms with Gasteiger partial charge in [0.15, 0.2) is 0 Å². The topological polar surface area (TPSA) is 46.6 Å². The van der Waals surface area contributed by atoms with Crippen LogP contribution in [-0.2, 0) is 20.6 Å². The minimum atomic E-state index is -3.75. The number of alkyl halides is 1. The van der Waals surface area contributed by atoms with Gasteiger partial charge < -0.3 is 4.74 Å². The van der Waals surface area contributed by atoms with Gasteiger partial charge in [0.1, 0.15) is 5.82 Å². The Bertz CT molecular complexity index is 563. The molecule has 0 aliphatic heterocycles. The molecule has 0 amide bonds. The summed E-state index contributed by atoms with van der Waals surface area (Å²) in [5.74, 6) is -0.512. The van der Waals surface area contributed by atoms with Gasteiger partial charge in [0.05, 0.1) is 11.5 Å². The third-order valence-corrected chi connectivity index (χ3v) is 5.25. The SMILES string of the molecule is CCOCCN(C)S(=O)(=O)c1cc(CCl)cc(F)c1C. The fraction of sp³-hybridized carbons (Fsp3) is 0.538. The summed E-state index contributed by atoms with van der Waals surface area (Å²) >= 11 is 5.66. The van der Waals surface area contributed by atoms with Gasteiger partial charge in [-0.1, -0.05) is 0 Å². The molecule has 0 N–H and O–H groups in total. The van der Waals surface area contributed by atoms with Crippen molar-refractivity contribution >= 4 is 21.6 Å². The predicted octanol–water partition coefficient (Wildman–Crippen LogP) is 2.53. The molecule has 1 rings (SSSR count). The van der Waals surface area contributed by atoms with E-state index in [2.05, 4.69) is 0 Å². The molecule has 0 spiro atoms. The summed E-state index contributed by atoms with van der Waals surface area (Å²) in [4.78, 5) is -0.0489. The molecule has 7 heteroatoms. The average molecular weight is 324 g/mol. The number of halogens is 2. The Kier molecular flexibility index (Phi) is 6.39. The van der Waals surface area contributed by atoms with E-state index >= 15 is 0 Å². The highest BCUT2D eigenvalue weighted by atomic mass is 35.5. The molecular formula is C13H19ClFNO3S. The largest absolute Gasteiger partial charge is 0.380 e. The summed E-state index contributed by atoms with van der Waals surface area (Å²) in [5, 5.41) is 0. The molecule has 0 fully saturated rings. The Morgan fingerprint density at radius 2 is 2.05 bits per heavy atom. The summed E-state index contributed by atoms with van der Waals surface area (Å²) in [6, 6.07) is 2.67. The Hall–Kier alpha value is -0.690. The van der Waals surface area contributed by atoms with Crippen molar-refractivity contribution in [3.63, 3.8) is 0 Å². The first kappa shape index (κ1) is 17.4. The number of sulfonamides is 1. The van der Waals surface area contributed by atoms with Gasteiger partial charge >= 0.3 is 0 Å². The maximum absolute atomic E-state index is 13.8. The first-order chi connectivity index (χ1) is 9.34. The fourth-order valence-corrected chi connectivity index (χ4v) is 3.27. The molecule has 20 heavy (non-hydrogen) atoms. The summed E-state index contributed by atoms with van der Waals surface area (Å²) in [7, 11) is -2.31. The fourth-order valence-electron chi connectivity index (χ4n) is 1.68. The summed E-state index contributed by atoms with van der Waals surface area (Å²) in [5.41, 5.74) is 0.536. The molecule has 0 aliphatic carbocycles. The molecule has 0 aromatic heterocycles. The summed E-state index contributed by atoms with van der Waals surface area (Å²) < 4.78 is 44.9. The molecule has 0 aliphatic rings. The van der Waals surface area contributed by atoms with Gasteiger partial charge in [-0.2, -0.15) is 4.31 Å². The quantitative estimate of drug-likeness (QED) is 0.572. The second-order valence-electron chi connectivity index (χ2n) is 4.36. The normalized spacial score (nSPS) is 12.1. The average Bonchev–Trinajstić information content (AvgIpc) is 2.41. The second kappa shape index (κ2) is 7.36. The monoisotopic (exact) mass is 323 g/mol. The Balaban J connectivity index is 3.11. The van der Waals surface area contributed by atoms with E-state index in [0.717, 1.165) is 4.31 Å². The van der Waals surface area contributed by atoms with Crippen molar-refractivity contribution in [1.29, 1.82) is 0 Å². The van der Waals surface area contributed by atoms with E-state index in [9.17, 15) is 12.8 Å². The molecule has 0 heterocycles. The van der Waals surface area contributed by atoms with Crippen LogP contribution in [0.25, 0.3) is 0 Å². The van der Waals surface area contributed by atoms with Gasteiger partial charge in [-0.3, -0.25) is 0 Å². The van der Waals surface area contributed by atoms with Crippen LogP contribution >= 0.6 is 11.6 Å². The lowest BCUT2D eigenvalue weighted by molar-refractivity contribution is 0.138. The second-order valence-corrected chi connectivity index (χ2v) is 6.64. The van der Waals surface area contributed by atoms with Crippen LogP contribution in [0.15, 0.2) is 17.0 Å². The molecule has 0 radical (unpaired) electrons. The molecular weight excluding hydrogens is 305 g/mol. The van der Waals surface area contributed by atoms with Crippen LogP contribution in [0.3, 0.4) is 0 Å². The maximum Gasteiger partial charge on any atom is 0.243 e. The number of nitrogens with zero attached hydrogens (tertiary/aromatic N) is 1. The van der Waals surface area contributed by atoms with Crippen LogP contribution in [0.2, 0.25) is 0 Å². The Morgan fingerprint density at radius 1 is 1.40 bits per heavy atom. The van der Waals surface area contributed by atoms with Crippen molar-refractivity contribution in [3.8, 4) is 0 Å². The van der Waals surface area contributed by atoms with E-state index < -0.39 is 15.8 Å². The van der Waals surface area contributed by atoms with Crippen molar-refractivity contribution in [2.24, 2.45) is 0 Å².